The van der Waals surface area contributed by atoms with Gasteiger partial charge >= 0.3 is 13.7 Å². The number of ether oxygens (including phenoxy) is 2. The Labute approximate surface area is 257 Å². The summed E-state index contributed by atoms with van der Waals surface area (Å²) in [5, 5.41) is 26.4. The van der Waals surface area contributed by atoms with Crippen molar-refractivity contribution in [2.45, 2.75) is 86.2 Å². The van der Waals surface area contributed by atoms with Crippen molar-refractivity contribution in [1.29, 1.82) is 0 Å². The van der Waals surface area contributed by atoms with Gasteiger partial charge in [0.25, 0.3) is 0 Å². The Morgan fingerprint density at radius 3 is 2.63 bits per heavy atom. The highest BCUT2D eigenvalue weighted by molar-refractivity contribution is 7.98. The fourth-order valence-corrected chi connectivity index (χ4v) is 7.80. The number of aromatic nitrogens is 4. The number of aliphatic hydroxyl groups is 2. The molecular formula is C27H33ClN5O8PS. The number of carbonyl (C=O) groups excluding carboxylic acids is 1. The minimum Gasteiger partial charge on any atom is -0.461 e. The summed E-state index contributed by atoms with van der Waals surface area (Å²) in [5.41, 5.74) is -2.09. The zero-order valence-electron chi connectivity index (χ0n) is 23.6. The molecule has 13 nitrogen and oxygen atoms in total. The second-order valence-electron chi connectivity index (χ2n) is 11.2. The maximum atomic E-state index is 14.2. The first kappa shape index (κ1) is 30.7. The number of nitrogens with zero attached hydrogens (tertiary/aromatic N) is 4. The summed E-state index contributed by atoms with van der Waals surface area (Å²) in [7, 11) is -4.27. The third-order valence-corrected chi connectivity index (χ3v) is 10.6. The number of benzene rings is 1. The molecule has 0 bridgehead atoms. The third-order valence-electron chi connectivity index (χ3n) is 8.04. The van der Waals surface area contributed by atoms with Crippen molar-refractivity contribution in [3.8, 4) is 5.75 Å². The number of nitrogens with one attached hydrogen (secondary N) is 1. The van der Waals surface area contributed by atoms with E-state index in [0.29, 0.717) is 34.1 Å². The number of thioether (sulfide) groups is 1. The molecule has 1 saturated heterocycles. The first-order chi connectivity index (χ1) is 20.5. The first-order valence-electron chi connectivity index (χ1n) is 14.0. The minimum atomic E-state index is -4.27. The molecule has 3 unspecified atom stereocenters. The zero-order valence-corrected chi connectivity index (χ0v) is 26.1. The van der Waals surface area contributed by atoms with Crippen LogP contribution in [0.2, 0.25) is 5.02 Å². The molecule has 43 heavy (non-hydrogen) atoms. The van der Waals surface area contributed by atoms with Crippen LogP contribution in [-0.4, -0.2) is 78.0 Å². The number of hydrogen-bond donors (Lipinski definition) is 3. The van der Waals surface area contributed by atoms with E-state index in [1.165, 1.54) is 48.0 Å². The molecule has 1 aromatic carbocycles. The first-order valence-corrected chi connectivity index (χ1v) is 17.2. The average Bonchev–Trinajstić information content (AvgIpc) is 3.28. The van der Waals surface area contributed by atoms with Crippen LogP contribution in [0, 0.1) is 0 Å². The Bertz CT molecular complexity index is 1530. The van der Waals surface area contributed by atoms with Crippen LogP contribution in [0.3, 0.4) is 0 Å². The number of carbonyl (C=O) groups is 1. The van der Waals surface area contributed by atoms with E-state index in [9.17, 15) is 19.6 Å². The Morgan fingerprint density at radius 1 is 1.23 bits per heavy atom. The molecule has 6 rings (SSSR count). The second-order valence-corrected chi connectivity index (χ2v) is 14.1. The van der Waals surface area contributed by atoms with Gasteiger partial charge in [-0.2, -0.15) is 5.09 Å². The summed E-state index contributed by atoms with van der Waals surface area (Å²) in [4.78, 5) is 26.0. The molecule has 3 N–H and O–H groups in total. The number of hydrogen-bond acceptors (Lipinski definition) is 12. The Hall–Kier alpha value is -2.29. The van der Waals surface area contributed by atoms with Crippen molar-refractivity contribution >= 4 is 48.2 Å². The lowest BCUT2D eigenvalue weighted by Gasteiger charge is -2.27. The van der Waals surface area contributed by atoms with E-state index in [0.717, 1.165) is 25.7 Å². The van der Waals surface area contributed by atoms with E-state index < -0.39 is 49.9 Å². The predicted octanol–water partition coefficient (Wildman–Crippen LogP) is 4.02. The second kappa shape index (κ2) is 11.9. The Kier molecular flexibility index (Phi) is 8.50. The monoisotopic (exact) mass is 653 g/mol. The van der Waals surface area contributed by atoms with Gasteiger partial charge in [-0.1, -0.05) is 11.6 Å². The van der Waals surface area contributed by atoms with Crippen LogP contribution in [0.4, 0.5) is 0 Å². The molecule has 16 heteroatoms. The molecular weight excluding hydrogens is 621 g/mol. The zero-order chi connectivity index (χ0) is 30.4. The van der Waals surface area contributed by atoms with E-state index in [4.69, 9.17) is 30.1 Å². The quantitative estimate of drug-likeness (QED) is 0.118. The van der Waals surface area contributed by atoms with Crippen molar-refractivity contribution in [3.63, 3.8) is 0 Å². The average molecular weight is 654 g/mol. The maximum Gasteiger partial charge on any atom is 0.459 e. The summed E-state index contributed by atoms with van der Waals surface area (Å²) in [5.74, 6) is -0.311. The normalized spacial score (nSPS) is 28.2. The summed E-state index contributed by atoms with van der Waals surface area (Å²) < 4.78 is 39.1. The standard InChI is InChI=1S/C27H33ClN5O8PS/c1-26(36)21(34)19(40-24(26)33-15-31-20-22(33)29-14-30-23(20)43-2)13-38-42(37,41-18-9-7-16(28)8-10-18)32-27(11-12-27)25(35)39-17-5-3-4-6-17/h7-10,14-15,17,19,21,24,34,36H,3-6,11-13H2,1-2H3,(H,32,37)/t19?,21-,24?,26-,42?/m1/s1. The van der Waals surface area contributed by atoms with Gasteiger partial charge in [-0.3, -0.25) is 13.9 Å². The number of esters is 1. The lowest BCUT2D eigenvalue weighted by Crippen LogP contribution is -2.45. The summed E-state index contributed by atoms with van der Waals surface area (Å²) in [6.07, 6.45) is 5.21. The van der Waals surface area contributed by atoms with Crippen LogP contribution in [0.1, 0.15) is 51.7 Å². The van der Waals surface area contributed by atoms with Crippen molar-refractivity contribution in [2.75, 3.05) is 12.9 Å². The van der Waals surface area contributed by atoms with E-state index in [1.807, 2.05) is 6.26 Å². The van der Waals surface area contributed by atoms with Gasteiger partial charge in [0.15, 0.2) is 11.9 Å². The van der Waals surface area contributed by atoms with E-state index in [1.54, 1.807) is 12.1 Å². The molecule has 3 fully saturated rings. The predicted molar refractivity (Wildman–Crippen MR) is 157 cm³/mol. The maximum absolute atomic E-state index is 14.2. The molecule has 2 aromatic heterocycles. The molecule has 0 radical (unpaired) electrons. The number of imidazole rings is 1. The van der Waals surface area contributed by atoms with Gasteiger partial charge in [-0.05, 0) is 76.0 Å². The van der Waals surface area contributed by atoms with Gasteiger partial charge in [0.1, 0.15) is 52.1 Å². The summed E-state index contributed by atoms with van der Waals surface area (Å²) >= 11 is 7.40. The topological polar surface area (TPSA) is 167 Å². The molecule has 1 aliphatic heterocycles. The highest BCUT2D eigenvalue weighted by atomic mass is 35.5. The van der Waals surface area contributed by atoms with Gasteiger partial charge in [0, 0.05) is 5.02 Å². The molecule has 0 amide bonds. The Balaban J connectivity index is 1.21. The fraction of sp³-hybridized carbons (Fsp3) is 0.556. The Morgan fingerprint density at radius 2 is 1.95 bits per heavy atom. The van der Waals surface area contributed by atoms with Crippen LogP contribution in [0.5, 0.6) is 5.75 Å². The molecule has 2 saturated carbocycles. The molecule has 3 aromatic rings. The number of aliphatic hydroxyl groups excluding tert-OH is 1. The van der Waals surface area contributed by atoms with Crippen LogP contribution in [-0.2, 0) is 23.4 Å². The number of rotatable bonds is 11. The molecule has 3 aliphatic rings. The van der Waals surface area contributed by atoms with Crippen LogP contribution in [0.25, 0.3) is 11.2 Å². The number of fused-ring (bicyclic) bond motifs is 1. The van der Waals surface area contributed by atoms with Crippen molar-refractivity contribution in [2.24, 2.45) is 0 Å². The molecule has 2 aliphatic carbocycles. The van der Waals surface area contributed by atoms with Gasteiger partial charge < -0.3 is 24.2 Å². The van der Waals surface area contributed by atoms with Gasteiger partial charge in [0.2, 0.25) is 0 Å². The molecule has 3 heterocycles. The highest BCUT2D eigenvalue weighted by Gasteiger charge is 2.58. The van der Waals surface area contributed by atoms with Crippen LogP contribution >= 0.6 is 31.1 Å². The van der Waals surface area contributed by atoms with Gasteiger partial charge in [0.05, 0.1) is 12.9 Å². The van der Waals surface area contributed by atoms with Crippen molar-refractivity contribution in [3.05, 3.63) is 41.9 Å². The van der Waals surface area contributed by atoms with Crippen LogP contribution < -0.4 is 9.61 Å². The van der Waals surface area contributed by atoms with Crippen molar-refractivity contribution < 1.29 is 38.1 Å². The highest BCUT2D eigenvalue weighted by Crippen LogP contribution is 2.53. The van der Waals surface area contributed by atoms with Gasteiger partial charge in [-0.25, -0.2) is 19.5 Å². The van der Waals surface area contributed by atoms with E-state index >= 15 is 0 Å². The fourth-order valence-electron chi connectivity index (χ4n) is 5.44. The molecule has 232 valence electrons. The lowest BCUT2D eigenvalue weighted by atomic mass is 9.96. The van der Waals surface area contributed by atoms with E-state index in [-0.39, 0.29) is 11.9 Å². The third kappa shape index (κ3) is 6.16. The smallest absolute Gasteiger partial charge is 0.459 e. The summed E-state index contributed by atoms with van der Waals surface area (Å²) in [6.45, 7) is 0.974. The summed E-state index contributed by atoms with van der Waals surface area (Å²) in [6, 6.07) is 6.17. The largest absolute Gasteiger partial charge is 0.461 e. The van der Waals surface area contributed by atoms with Crippen molar-refractivity contribution in [1.82, 2.24) is 24.6 Å². The minimum absolute atomic E-state index is 0.165. The van der Waals surface area contributed by atoms with Gasteiger partial charge in [-0.15, -0.1) is 11.8 Å². The lowest BCUT2D eigenvalue weighted by molar-refractivity contribution is -0.152. The number of halogens is 1. The van der Waals surface area contributed by atoms with Crippen LogP contribution in [0.15, 0.2) is 41.9 Å². The van der Waals surface area contributed by atoms with E-state index in [2.05, 4.69) is 20.0 Å². The SMILES string of the molecule is CSc1ncnc2c1ncn2C1OC(COP(=O)(NC2(C(=O)OC3CCCC3)CC2)Oc2ccc(Cl)cc2)[C@@H](O)[C@@]1(C)O. The molecule has 5 atom stereocenters. The molecule has 0 spiro atoms.